The van der Waals surface area contributed by atoms with Crippen molar-refractivity contribution >= 4 is 33.1 Å². The SMILES string of the molecule is CCOc1ccc(-c2cccc(C(=O)c3c(C)ccc4ccccc34)c2C(=O)c2c(C)ccc3ccccc23)cc1. The van der Waals surface area contributed by atoms with E-state index in [9.17, 15) is 9.59 Å². The number of ether oxygens (including phenoxy) is 1. The monoisotopic (exact) mass is 534 g/mol. The third kappa shape index (κ3) is 4.70. The van der Waals surface area contributed by atoms with Crippen molar-refractivity contribution in [3.05, 3.63) is 149 Å². The van der Waals surface area contributed by atoms with Gasteiger partial charge in [-0.25, -0.2) is 0 Å². The first-order chi connectivity index (χ1) is 20.0. The fourth-order valence-electron chi connectivity index (χ4n) is 5.75. The molecule has 0 heterocycles. The Morgan fingerprint density at radius 2 is 1.12 bits per heavy atom. The van der Waals surface area contributed by atoms with Crippen molar-refractivity contribution in [3.63, 3.8) is 0 Å². The number of hydrogen-bond donors (Lipinski definition) is 0. The normalized spacial score (nSPS) is 11.1. The van der Waals surface area contributed by atoms with Crippen LogP contribution in [-0.2, 0) is 0 Å². The van der Waals surface area contributed by atoms with Crippen LogP contribution in [0.3, 0.4) is 0 Å². The number of carbonyl (C=O) groups excluding carboxylic acids is 2. The summed E-state index contributed by atoms with van der Waals surface area (Å²) in [7, 11) is 0. The van der Waals surface area contributed by atoms with E-state index in [1.165, 1.54) is 0 Å². The molecule has 3 nitrogen and oxygen atoms in total. The molecule has 6 rings (SSSR count). The number of aryl methyl sites for hydroxylation is 2. The minimum Gasteiger partial charge on any atom is -0.494 e. The molecule has 6 aromatic rings. The Morgan fingerprint density at radius 1 is 0.561 bits per heavy atom. The first-order valence-electron chi connectivity index (χ1n) is 13.9. The van der Waals surface area contributed by atoms with Crippen molar-refractivity contribution in [3.8, 4) is 16.9 Å². The summed E-state index contributed by atoms with van der Waals surface area (Å²) in [6, 6.07) is 37.1. The summed E-state index contributed by atoms with van der Waals surface area (Å²) in [5.41, 5.74) is 5.35. The van der Waals surface area contributed by atoms with Crippen molar-refractivity contribution in [1.29, 1.82) is 0 Å². The molecule has 0 bridgehead atoms. The summed E-state index contributed by atoms with van der Waals surface area (Å²) in [6.07, 6.45) is 0. The fourth-order valence-corrected chi connectivity index (χ4v) is 5.75. The highest BCUT2D eigenvalue weighted by atomic mass is 16.5. The number of fused-ring (bicyclic) bond motifs is 2. The smallest absolute Gasteiger partial charge is 0.195 e. The highest BCUT2D eigenvalue weighted by molar-refractivity contribution is 6.27. The van der Waals surface area contributed by atoms with Gasteiger partial charge in [0.05, 0.1) is 6.61 Å². The van der Waals surface area contributed by atoms with Gasteiger partial charge in [-0.15, -0.1) is 0 Å². The fraction of sp³-hybridized carbons (Fsp3) is 0.105. The van der Waals surface area contributed by atoms with Crippen LogP contribution in [0.2, 0.25) is 0 Å². The van der Waals surface area contributed by atoms with Crippen LogP contribution < -0.4 is 4.74 Å². The van der Waals surface area contributed by atoms with E-state index in [-0.39, 0.29) is 11.6 Å². The van der Waals surface area contributed by atoms with Gasteiger partial charge in [0, 0.05) is 22.3 Å². The predicted molar refractivity (Wildman–Crippen MR) is 167 cm³/mol. The lowest BCUT2D eigenvalue weighted by molar-refractivity contribution is 0.100. The van der Waals surface area contributed by atoms with Crippen LogP contribution in [0.25, 0.3) is 32.7 Å². The Balaban J connectivity index is 1.63. The summed E-state index contributed by atoms with van der Waals surface area (Å²) >= 11 is 0. The molecule has 0 aromatic heterocycles. The van der Waals surface area contributed by atoms with Crippen LogP contribution in [0.1, 0.15) is 49.9 Å². The third-order valence-electron chi connectivity index (χ3n) is 7.74. The highest BCUT2D eigenvalue weighted by Crippen LogP contribution is 2.35. The summed E-state index contributed by atoms with van der Waals surface area (Å²) in [5, 5.41) is 3.72. The molecule has 0 fully saturated rings. The zero-order chi connectivity index (χ0) is 28.5. The zero-order valence-corrected chi connectivity index (χ0v) is 23.4. The van der Waals surface area contributed by atoms with Gasteiger partial charge >= 0.3 is 0 Å². The topological polar surface area (TPSA) is 43.4 Å². The van der Waals surface area contributed by atoms with Crippen molar-refractivity contribution in [2.75, 3.05) is 6.61 Å². The number of hydrogen-bond acceptors (Lipinski definition) is 3. The second-order valence-electron chi connectivity index (χ2n) is 10.3. The van der Waals surface area contributed by atoms with Crippen LogP contribution in [0.4, 0.5) is 0 Å². The Bertz CT molecular complexity index is 1950. The molecule has 0 unspecified atom stereocenters. The predicted octanol–water partition coefficient (Wildman–Crippen LogP) is 9.14. The van der Waals surface area contributed by atoms with Gasteiger partial charge in [0.15, 0.2) is 11.6 Å². The lowest BCUT2D eigenvalue weighted by Gasteiger charge is -2.18. The summed E-state index contributed by atoms with van der Waals surface area (Å²) < 4.78 is 5.66. The van der Waals surface area contributed by atoms with Crippen LogP contribution >= 0.6 is 0 Å². The molecule has 0 radical (unpaired) electrons. The molecule has 0 saturated carbocycles. The standard InChI is InChI=1S/C38H30O3/c1-4-41-29-22-20-28(21-23-29)32-14-9-15-33(37(39)34-24(2)16-18-26-10-5-7-12-30(26)34)36(32)38(40)35-25(3)17-19-27-11-6-8-13-31(27)35/h5-23H,4H2,1-3H3. The second-order valence-corrected chi connectivity index (χ2v) is 10.3. The van der Waals surface area contributed by atoms with Crippen LogP contribution in [0.5, 0.6) is 5.75 Å². The Kier molecular flexibility index (Phi) is 6.94. The third-order valence-corrected chi connectivity index (χ3v) is 7.74. The van der Waals surface area contributed by atoms with Gasteiger partial charge in [0.1, 0.15) is 5.75 Å². The number of ketones is 2. The van der Waals surface area contributed by atoms with Crippen molar-refractivity contribution < 1.29 is 14.3 Å². The average molecular weight is 535 g/mol. The maximum absolute atomic E-state index is 14.8. The summed E-state index contributed by atoms with van der Waals surface area (Å²) in [6.45, 7) is 6.42. The highest BCUT2D eigenvalue weighted by Gasteiger charge is 2.27. The summed E-state index contributed by atoms with van der Waals surface area (Å²) in [4.78, 5) is 29.3. The summed E-state index contributed by atoms with van der Waals surface area (Å²) in [5.74, 6) is 0.436. The maximum atomic E-state index is 14.8. The van der Waals surface area contributed by atoms with Crippen molar-refractivity contribution in [2.45, 2.75) is 20.8 Å². The van der Waals surface area contributed by atoms with E-state index in [0.717, 1.165) is 44.0 Å². The largest absolute Gasteiger partial charge is 0.494 e. The van der Waals surface area contributed by atoms with Gasteiger partial charge < -0.3 is 4.74 Å². The Hall–Kier alpha value is -5.02. The number of benzene rings is 6. The van der Waals surface area contributed by atoms with Gasteiger partial charge in [-0.05, 0) is 76.7 Å². The lowest BCUT2D eigenvalue weighted by Crippen LogP contribution is -2.15. The van der Waals surface area contributed by atoms with E-state index < -0.39 is 0 Å². The Labute approximate surface area is 240 Å². The number of rotatable bonds is 7. The minimum absolute atomic E-state index is 0.159. The Morgan fingerprint density at radius 3 is 1.71 bits per heavy atom. The molecule has 0 aliphatic heterocycles. The molecule has 41 heavy (non-hydrogen) atoms. The minimum atomic E-state index is -0.162. The van der Waals surface area contributed by atoms with Gasteiger partial charge in [0.2, 0.25) is 0 Å². The van der Waals surface area contributed by atoms with Gasteiger partial charge in [-0.2, -0.15) is 0 Å². The van der Waals surface area contributed by atoms with Crippen LogP contribution in [0.15, 0.2) is 115 Å². The maximum Gasteiger partial charge on any atom is 0.195 e. The molecular formula is C38H30O3. The van der Waals surface area contributed by atoms with Crippen LogP contribution in [0, 0.1) is 13.8 Å². The molecule has 0 saturated heterocycles. The average Bonchev–Trinajstić information content (AvgIpc) is 3.00. The molecular weight excluding hydrogens is 504 g/mol. The van der Waals surface area contributed by atoms with Crippen molar-refractivity contribution in [1.82, 2.24) is 0 Å². The van der Waals surface area contributed by atoms with Gasteiger partial charge in [-0.1, -0.05) is 103 Å². The molecule has 0 N–H and O–H groups in total. The van der Waals surface area contributed by atoms with E-state index >= 15 is 0 Å². The van der Waals surface area contributed by atoms with E-state index in [4.69, 9.17) is 4.74 Å². The molecule has 0 spiro atoms. The molecule has 6 aromatic carbocycles. The first-order valence-corrected chi connectivity index (χ1v) is 13.9. The molecule has 0 aliphatic rings. The number of carbonyl (C=O) groups is 2. The van der Waals surface area contributed by atoms with E-state index in [1.807, 2.05) is 130 Å². The molecule has 3 heteroatoms. The second kappa shape index (κ2) is 10.9. The van der Waals surface area contributed by atoms with Crippen molar-refractivity contribution in [2.24, 2.45) is 0 Å². The molecule has 0 atom stereocenters. The van der Waals surface area contributed by atoms with Crippen LogP contribution in [-0.4, -0.2) is 18.2 Å². The molecule has 0 amide bonds. The molecule has 0 aliphatic carbocycles. The van der Waals surface area contributed by atoms with E-state index in [1.54, 1.807) is 6.07 Å². The lowest BCUT2D eigenvalue weighted by atomic mass is 9.83. The quantitative estimate of drug-likeness (QED) is 0.192. The molecule has 200 valence electrons. The van der Waals surface area contributed by atoms with Gasteiger partial charge in [-0.3, -0.25) is 9.59 Å². The first kappa shape index (κ1) is 26.2. The van der Waals surface area contributed by atoms with E-state index in [2.05, 4.69) is 0 Å². The van der Waals surface area contributed by atoms with E-state index in [0.29, 0.717) is 34.4 Å². The van der Waals surface area contributed by atoms with Gasteiger partial charge in [0.25, 0.3) is 0 Å². The zero-order valence-electron chi connectivity index (χ0n) is 23.4.